The van der Waals surface area contributed by atoms with E-state index in [1.807, 2.05) is 6.07 Å². The van der Waals surface area contributed by atoms with Crippen LogP contribution in [-0.2, 0) is 16.0 Å². The number of benzene rings is 1. The fourth-order valence-corrected chi connectivity index (χ4v) is 3.34. The van der Waals surface area contributed by atoms with Crippen LogP contribution in [0.5, 0.6) is 0 Å². The zero-order valence-electron chi connectivity index (χ0n) is 13.6. The molecule has 3 heteroatoms. The monoisotopic (exact) mass is 311 g/mol. The molecule has 2 aliphatic rings. The molecule has 1 aromatic rings. The normalized spacial score (nSPS) is 25.2. The summed E-state index contributed by atoms with van der Waals surface area (Å²) in [6.45, 7) is 1.09. The van der Waals surface area contributed by atoms with E-state index in [1.54, 1.807) is 0 Å². The molecule has 1 unspecified atom stereocenters. The third-order valence-corrected chi connectivity index (χ3v) is 4.56. The van der Waals surface area contributed by atoms with E-state index < -0.39 is 0 Å². The maximum atomic E-state index is 11.9. The third kappa shape index (κ3) is 5.07. The van der Waals surface area contributed by atoms with E-state index >= 15 is 0 Å². The Morgan fingerprint density at radius 3 is 2.70 bits per heavy atom. The highest BCUT2D eigenvalue weighted by Gasteiger charge is 2.23. The number of carbonyl (C=O) groups is 1. The van der Waals surface area contributed by atoms with E-state index in [0.717, 1.165) is 32.2 Å². The van der Waals surface area contributed by atoms with Gasteiger partial charge in [-0.25, -0.2) is 0 Å². The average Bonchev–Trinajstić information content (AvgIpc) is 2.58. The van der Waals surface area contributed by atoms with Gasteiger partial charge in [0.15, 0.2) is 5.78 Å². The fourth-order valence-electron chi connectivity index (χ4n) is 3.34. The standard InChI is InChI=1S/C20H25NO2/c22-19-10-9-18(13-17-7-3-1-4-8-17)14-20(23-16-19)15-21-11-5-2-6-12-21/h1,3-8,11-12,18,20H,2,9-10,13-16H2/t18?,20-/m0/s1. The second kappa shape index (κ2) is 8.11. The SMILES string of the molecule is O=C1CCC(Cc2ccccc2)C[C@@H](CN2C=CCC=C2)OC1. The molecule has 23 heavy (non-hydrogen) atoms. The molecular formula is C20H25NO2. The van der Waals surface area contributed by atoms with Crippen molar-refractivity contribution in [2.24, 2.45) is 5.92 Å². The summed E-state index contributed by atoms with van der Waals surface area (Å²) in [6.07, 6.45) is 13.3. The number of carbonyl (C=O) groups excluding carboxylic acids is 1. The van der Waals surface area contributed by atoms with Gasteiger partial charge in [0.2, 0.25) is 0 Å². The minimum Gasteiger partial charge on any atom is -0.369 e. The first-order valence-electron chi connectivity index (χ1n) is 8.56. The first kappa shape index (κ1) is 16.0. The van der Waals surface area contributed by atoms with Crippen LogP contribution < -0.4 is 0 Å². The third-order valence-electron chi connectivity index (χ3n) is 4.56. The number of nitrogens with zero attached hydrogens (tertiary/aromatic N) is 1. The van der Waals surface area contributed by atoms with Gasteiger partial charge in [-0.3, -0.25) is 4.79 Å². The highest BCUT2D eigenvalue weighted by molar-refractivity contribution is 5.79. The molecule has 0 spiro atoms. The van der Waals surface area contributed by atoms with Crippen molar-refractivity contribution in [1.82, 2.24) is 4.90 Å². The summed E-state index contributed by atoms with van der Waals surface area (Å²) in [5.74, 6) is 0.738. The van der Waals surface area contributed by atoms with Crippen LogP contribution in [0.15, 0.2) is 54.9 Å². The Balaban J connectivity index is 1.63. The molecule has 0 saturated carbocycles. The van der Waals surface area contributed by atoms with Crippen molar-refractivity contribution in [1.29, 1.82) is 0 Å². The highest BCUT2D eigenvalue weighted by Crippen LogP contribution is 2.24. The maximum Gasteiger partial charge on any atom is 0.158 e. The van der Waals surface area contributed by atoms with Crippen LogP contribution in [-0.4, -0.2) is 29.9 Å². The summed E-state index contributed by atoms with van der Waals surface area (Å²) in [7, 11) is 0. The minimum atomic E-state index is 0.111. The van der Waals surface area contributed by atoms with E-state index in [-0.39, 0.29) is 18.5 Å². The first-order chi connectivity index (χ1) is 11.3. The topological polar surface area (TPSA) is 29.5 Å². The summed E-state index contributed by atoms with van der Waals surface area (Å²) in [5.41, 5.74) is 1.35. The largest absolute Gasteiger partial charge is 0.369 e. The molecule has 0 N–H and O–H groups in total. The minimum absolute atomic E-state index is 0.111. The number of hydrogen-bond acceptors (Lipinski definition) is 3. The van der Waals surface area contributed by atoms with Crippen LogP contribution in [0.1, 0.15) is 31.2 Å². The Morgan fingerprint density at radius 1 is 1.13 bits per heavy atom. The molecule has 0 radical (unpaired) electrons. The predicted molar refractivity (Wildman–Crippen MR) is 91.8 cm³/mol. The molecule has 2 heterocycles. The second-order valence-corrected chi connectivity index (χ2v) is 6.50. The van der Waals surface area contributed by atoms with Gasteiger partial charge in [-0.15, -0.1) is 0 Å². The molecule has 0 amide bonds. The first-order valence-corrected chi connectivity index (χ1v) is 8.56. The average molecular weight is 311 g/mol. The number of Topliss-reactive ketones (excluding diaryl/α,β-unsaturated/α-hetero) is 1. The smallest absolute Gasteiger partial charge is 0.158 e. The lowest BCUT2D eigenvalue weighted by Crippen LogP contribution is -2.33. The van der Waals surface area contributed by atoms with Gasteiger partial charge >= 0.3 is 0 Å². The Kier molecular flexibility index (Phi) is 5.65. The van der Waals surface area contributed by atoms with Crippen molar-refractivity contribution >= 4 is 5.78 Å². The Hall–Kier alpha value is -1.87. The van der Waals surface area contributed by atoms with E-state index in [4.69, 9.17) is 4.74 Å². The predicted octanol–water partition coefficient (Wildman–Crippen LogP) is 3.72. The van der Waals surface area contributed by atoms with Crippen molar-refractivity contribution < 1.29 is 9.53 Å². The van der Waals surface area contributed by atoms with Crippen molar-refractivity contribution in [3.8, 4) is 0 Å². The van der Waals surface area contributed by atoms with Crippen LogP contribution in [0, 0.1) is 5.92 Å². The quantitative estimate of drug-likeness (QED) is 0.849. The van der Waals surface area contributed by atoms with Crippen molar-refractivity contribution in [2.75, 3.05) is 13.2 Å². The van der Waals surface area contributed by atoms with Crippen LogP contribution in [0.4, 0.5) is 0 Å². The van der Waals surface area contributed by atoms with Gasteiger partial charge in [0, 0.05) is 13.0 Å². The van der Waals surface area contributed by atoms with E-state index in [9.17, 15) is 4.79 Å². The number of hydrogen-bond donors (Lipinski definition) is 0. The summed E-state index contributed by atoms with van der Waals surface area (Å²) >= 11 is 0. The molecule has 1 saturated heterocycles. The molecule has 0 bridgehead atoms. The van der Waals surface area contributed by atoms with Gasteiger partial charge < -0.3 is 9.64 Å². The summed E-state index contributed by atoms with van der Waals surface area (Å²) in [6, 6.07) is 10.6. The van der Waals surface area contributed by atoms with Gasteiger partial charge in [-0.1, -0.05) is 42.5 Å². The van der Waals surface area contributed by atoms with E-state index in [0.29, 0.717) is 12.3 Å². The lowest BCUT2D eigenvalue weighted by atomic mass is 9.88. The number of ketones is 1. The van der Waals surface area contributed by atoms with E-state index in [1.165, 1.54) is 5.56 Å². The number of ether oxygens (including phenoxy) is 1. The molecule has 1 fully saturated rings. The Labute approximate surface area is 138 Å². The molecule has 3 nitrogen and oxygen atoms in total. The second-order valence-electron chi connectivity index (χ2n) is 6.50. The van der Waals surface area contributed by atoms with Gasteiger partial charge in [-0.2, -0.15) is 0 Å². The van der Waals surface area contributed by atoms with Crippen molar-refractivity contribution in [3.05, 3.63) is 60.4 Å². The molecule has 2 atom stereocenters. The van der Waals surface area contributed by atoms with E-state index in [2.05, 4.69) is 53.7 Å². The van der Waals surface area contributed by atoms with Gasteiger partial charge in [-0.05, 0) is 49.6 Å². The molecule has 122 valence electrons. The lowest BCUT2D eigenvalue weighted by molar-refractivity contribution is -0.128. The maximum absolute atomic E-state index is 11.9. The zero-order valence-corrected chi connectivity index (χ0v) is 13.6. The van der Waals surface area contributed by atoms with Crippen LogP contribution >= 0.6 is 0 Å². The lowest BCUT2D eigenvalue weighted by Gasteiger charge is -2.30. The van der Waals surface area contributed by atoms with Gasteiger partial charge in [0.1, 0.15) is 6.61 Å². The van der Waals surface area contributed by atoms with Crippen LogP contribution in [0.25, 0.3) is 0 Å². The summed E-state index contributed by atoms with van der Waals surface area (Å²) < 4.78 is 5.91. The Bertz CT molecular complexity index is 552. The van der Waals surface area contributed by atoms with Crippen molar-refractivity contribution in [2.45, 2.75) is 38.2 Å². The van der Waals surface area contributed by atoms with Crippen molar-refractivity contribution in [3.63, 3.8) is 0 Å². The molecule has 2 aliphatic heterocycles. The molecule has 1 aromatic carbocycles. The number of rotatable bonds is 4. The molecular weight excluding hydrogens is 286 g/mol. The molecule has 0 aliphatic carbocycles. The van der Waals surface area contributed by atoms with Crippen LogP contribution in [0.3, 0.4) is 0 Å². The van der Waals surface area contributed by atoms with Gasteiger partial charge in [0.05, 0.1) is 6.10 Å². The number of allylic oxidation sites excluding steroid dienone is 2. The van der Waals surface area contributed by atoms with Gasteiger partial charge in [0.25, 0.3) is 0 Å². The molecule has 3 rings (SSSR count). The highest BCUT2D eigenvalue weighted by atomic mass is 16.5. The summed E-state index contributed by atoms with van der Waals surface area (Å²) in [4.78, 5) is 14.1. The zero-order chi connectivity index (χ0) is 15.9. The molecule has 0 aromatic heterocycles. The summed E-state index contributed by atoms with van der Waals surface area (Å²) in [5, 5.41) is 0. The van der Waals surface area contributed by atoms with Crippen LogP contribution in [0.2, 0.25) is 0 Å². The Morgan fingerprint density at radius 2 is 1.91 bits per heavy atom. The fraction of sp³-hybridized carbons (Fsp3) is 0.450.